The monoisotopic (exact) mass is 380 g/mol. The summed E-state index contributed by atoms with van der Waals surface area (Å²) in [4.78, 5) is 20.3. The number of rotatable bonds is 3. The molecule has 0 amide bonds. The number of esters is 1. The number of hydrogen-bond acceptors (Lipinski definition) is 7. The highest BCUT2D eigenvalue weighted by Gasteiger charge is 2.51. The highest BCUT2D eigenvalue weighted by Crippen LogP contribution is 2.36. The highest BCUT2D eigenvalue weighted by atomic mass is 16.7. The first kappa shape index (κ1) is 18.6. The standard InChI is InChI=1S/C20H21BN2O5/c1-19(2)20(3,4)28-21(27-19)13-6-7-16-14(11-13)23-17(26-16)12-8-9-22-15(10-12)18(24)25-5/h6-11H,1-5H3. The van der Waals surface area contributed by atoms with Crippen molar-refractivity contribution in [2.24, 2.45) is 0 Å². The Morgan fingerprint density at radius 2 is 1.79 bits per heavy atom. The van der Waals surface area contributed by atoms with Gasteiger partial charge in [0.2, 0.25) is 5.89 Å². The summed E-state index contributed by atoms with van der Waals surface area (Å²) in [6, 6.07) is 8.96. The molecule has 0 saturated carbocycles. The van der Waals surface area contributed by atoms with Crippen LogP contribution in [0.3, 0.4) is 0 Å². The van der Waals surface area contributed by atoms with Gasteiger partial charge in [0.1, 0.15) is 11.2 Å². The van der Waals surface area contributed by atoms with Crippen molar-refractivity contribution in [2.45, 2.75) is 38.9 Å². The average molecular weight is 380 g/mol. The molecule has 1 aliphatic heterocycles. The molecule has 1 aliphatic rings. The second kappa shape index (κ2) is 6.43. The first-order valence-electron chi connectivity index (χ1n) is 9.01. The van der Waals surface area contributed by atoms with E-state index in [1.165, 1.54) is 13.3 Å². The number of hydrogen-bond donors (Lipinski definition) is 0. The third kappa shape index (κ3) is 3.08. The fourth-order valence-corrected chi connectivity index (χ4v) is 2.97. The first-order chi connectivity index (χ1) is 13.2. The zero-order valence-corrected chi connectivity index (χ0v) is 16.5. The highest BCUT2D eigenvalue weighted by molar-refractivity contribution is 6.62. The maximum absolute atomic E-state index is 11.7. The minimum atomic E-state index is -0.513. The van der Waals surface area contributed by atoms with E-state index in [4.69, 9.17) is 18.5 Å². The normalized spacial score (nSPS) is 17.8. The van der Waals surface area contributed by atoms with Gasteiger partial charge < -0.3 is 18.5 Å². The molecule has 4 rings (SSSR count). The Bertz CT molecular complexity index is 1040. The maximum atomic E-state index is 11.7. The van der Waals surface area contributed by atoms with Crippen LogP contribution < -0.4 is 5.46 Å². The number of aromatic nitrogens is 2. The van der Waals surface area contributed by atoms with Crippen LogP contribution in [0.15, 0.2) is 40.9 Å². The Balaban J connectivity index is 1.67. The summed E-state index contributed by atoms with van der Waals surface area (Å²) < 4.78 is 22.8. The molecule has 1 saturated heterocycles. The summed E-state index contributed by atoms with van der Waals surface area (Å²) in [5.41, 5.74) is 2.19. The van der Waals surface area contributed by atoms with Gasteiger partial charge in [-0.2, -0.15) is 0 Å². The maximum Gasteiger partial charge on any atom is 0.494 e. The molecule has 7 nitrogen and oxygen atoms in total. The topological polar surface area (TPSA) is 83.7 Å². The summed E-state index contributed by atoms with van der Waals surface area (Å²) in [6.45, 7) is 8.06. The largest absolute Gasteiger partial charge is 0.494 e. The van der Waals surface area contributed by atoms with Crippen molar-refractivity contribution in [3.8, 4) is 11.5 Å². The predicted octanol–water partition coefficient (Wildman–Crippen LogP) is 2.98. The molecule has 1 aromatic carbocycles. The Kier molecular flexibility index (Phi) is 4.28. The number of oxazole rings is 1. The van der Waals surface area contributed by atoms with Gasteiger partial charge in [-0.3, -0.25) is 0 Å². The zero-order valence-electron chi connectivity index (χ0n) is 16.5. The smallest absolute Gasteiger partial charge is 0.464 e. The lowest BCUT2D eigenvalue weighted by Crippen LogP contribution is -2.41. The van der Waals surface area contributed by atoms with Gasteiger partial charge in [-0.1, -0.05) is 6.07 Å². The first-order valence-corrected chi connectivity index (χ1v) is 9.01. The molecule has 1 fully saturated rings. The molecule has 0 N–H and O–H groups in total. The van der Waals surface area contributed by atoms with Crippen LogP contribution >= 0.6 is 0 Å². The number of fused-ring (bicyclic) bond motifs is 1. The van der Waals surface area contributed by atoms with Crippen molar-refractivity contribution < 1.29 is 23.3 Å². The van der Waals surface area contributed by atoms with E-state index in [1.807, 2.05) is 45.9 Å². The fraction of sp³-hybridized carbons (Fsp3) is 0.350. The molecule has 3 aromatic rings. The van der Waals surface area contributed by atoms with Gasteiger partial charge in [0.15, 0.2) is 5.58 Å². The fourth-order valence-electron chi connectivity index (χ4n) is 2.97. The number of pyridine rings is 1. The molecule has 144 valence electrons. The molecular weight excluding hydrogens is 359 g/mol. The Hall–Kier alpha value is -2.71. The van der Waals surface area contributed by atoms with E-state index in [9.17, 15) is 4.79 Å². The predicted molar refractivity (Wildman–Crippen MR) is 104 cm³/mol. The van der Waals surface area contributed by atoms with Crippen LogP contribution in [0.25, 0.3) is 22.6 Å². The van der Waals surface area contributed by atoms with Crippen LogP contribution in [0, 0.1) is 0 Å². The molecule has 0 bridgehead atoms. The Morgan fingerprint density at radius 1 is 1.07 bits per heavy atom. The van der Waals surface area contributed by atoms with Crippen molar-refractivity contribution in [2.75, 3.05) is 7.11 Å². The van der Waals surface area contributed by atoms with Crippen LogP contribution in [-0.4, -0.2) is 41.4 Å². The molecule has 3 heterocycles. The van der Waals surface area contributed by atoms with Crippen LogP contribution in [0.1, 0.15) is 38.2 Å². The molecule has 2 aromatic heterocycles. The van der Waals surface area contributed by atoms with Crippen molar-refractivity contribution in [3.05, 3.63) is 42.2 Å². The van der Waals surface area contributed by atoms with Crippen LogP contribution in [0.4, 0.5) is 0 Å². The number of carbonyl (C=O) groups excluding carboxylic acids is 1. The summed E-state index contributed by atoms with van der Waals surface area (Å²) >= 11 is 0. The number of nitrogens with zero attached hydrogens (tertiary/aromatic N) is 2. The van der Waals surface area contributed by atoms with Crippen molar-refractivity contribution in [1.82, 2.24) is 9.97 Å². The molecule has 0 spiro atoms. The minimum Gasteiger partial charge on any atom is -0.464 e. The van der Waals surface area contributed by atoms with Gasteiger partial charge in [0.05, 0.1) is 18.3 Å². The lowest BCUT2D eigenvalue weighted by Gasteiger charge is -2.32. The molecule has 28 heavy (non-hydrogen) atoms. The van der Waals surface area contributed by atoms with Gasteiger partial charge in [0.25, 0.3) is 0 Å². The lowest BCUT2D eigenvalue weighted by molar-refractivity contribution is 0.00578. The number of benzene rings is 1. The summed E-state index contributed by atoms with van der Waals surface area (Å²) in [5, 5.41) is 0. The van der Waals surface area contributed by atoms with Crippen LogP contribution in [0.5, 0.6) is 0 Å². The number of carbonyl (C=O) groups is 1. The number of methoxy groups -OCH3 is 1. The van der Waals surface area contributed by atoms with Crippen LogP contribution in [0.2, 0.25) is 0 Å². The second-order valence-electron chi connectivity index (χ2n) is 7.76. The van der Waals surface area contributed by atoms with E-state index in [-0.39, 0.29) is 5.69 Å². The molecule has 8 heteroatoms. The quantitative estimate of drug-likeness (QED) is 0.510. The van der Waals surface area contributed by atoms with E-state index in [0.29, 0.717) is 22.6 Å². The van der Waals surface area contributed by atoms with Crippen molar-refractivity contribution in [1.29, 1.82) is 0 Å². The summed E-state index contributed by atoms with van der Waals surface area (Å²) in [7, 11) is 0.842. The Labute approximate surface area is 163 Å². The molecule has 0 atom stereocenters. The Morgan fingerprint density at radius 3 is 2.46 bits per heavy atom. The van der Waals surface area contributed by atoms with Gasteiger partial charge in [-0.05, 0) is 57.4 Å². The SMILES string of the molecule is COC(=O)c1cc(-c2nc3cc(B4OC(C)(C)C(C)(C)O4)ccc3o2)ccn1. The van der Waals surface area contributed by atoms with Crippen LogP contribution in [-0.2, 0) is 14.0 Å². The zero-order chi connectivity index (χ0) is 20.1. The average Bonchev–Trinajstić information content (AvgIpc) is 3.18. The third-order valence-corrected chi connectivity index (χ3v) is 5.34. The van der Waals surface area contributed by atoms with Gasteiger partial charge in [-0.15, -0.1) is 0 Å². The minimum absolute atomic E-state index is 0.195. The van der Waals surface area contributed by atoms with Crippen molar-refractivity contribution >= 4 is 29.7 Å². The van der Waals surface area contributed by atoms with E-state index in [1.54, 1.807) is 12.1 Å². The molecule has 0 radical (unpaired) electrons. The third-order valence-electron chi connectivity index (χ3n) is 5.34. The van der Waals surface area contributed by atoms with E-state index >= 15 is 0 Å². The van der Waals surface area contributed by atoms with E-state index < -0.39 is 24.3 Å². The molecular formula is C20H21BN2O5. The van der Waals surface area contributed by atoms with Crippen molar-refractivity contribution in [3.63, 3.8) is 0 Å². The lowest BCUT2D eigenvalue weighted by atomic mass is 9.79. The summed E-state index contributed by atoms with van der Waals surface area (Å²) in [6.07, 6.45) is 1.52. The summed E-state index contributed by atoms with van der Waals surface area (Å²) in [5.74, 6) is -0.116. The second-order valence-corrected chi connectivity index (χ2v) is 7.76. The molecule has 0 unspecified atom stereocenters. The van der Waals surface area contributed by atoms with Gasteiger partial charge >= 0.3 is 13.1 Å². The van der Waals surface area contributed by atoms with E-state index in [0.717, 1.165) is 5.46 Å². The van der Waals surface area contributed by atoms with Gasteiger partial charge in [0, 0.05) is 11.8 Å². The molecule has 0 aliphatic carbocycles. The number of ether oxygens (including phenoxy) is 1. The van der Waals surface area contributed by atoms with Gasteiger partial charge in [-0.25, -0.2) is 14.8 Å². The van der Waals surface area contributed by atoms with E-state index in [2.05, 4.69) is 9.97 Å².